The Bertz CT molecular complexity index is 1130. The van der Waals surface area contributed by atoms with E-state index in [1.54, 1.807) is 0 Å². The van der Waals surface area contributed by atoms with Gasteiger partial charge in [0, 0.05) is 68.8 Å². The summed E-state index contributed by atoms with van der Waals surface area (Å²) in [6.45, 7) is 7.31. The Labute approximate surface area is 208 Å². The maximum absolute atomic E-state index is 13.4. The Morgan fingerprint density at radius 2 is 1.86 bits per heavy atom. The molecule has 1 aromatic carbocycles. The van der Waals surface area contributed by atoms with Crippen LogP contribution in [0.2, 0.25) is 0 Å². The van der Waals surface area contributed by atoms with E-state index in [2.05, 4.69) is 64.5 Å². The molecule has 2 aliphatic rings. The van der Waals surface area contributed by atoms with E-state index in [-0.39, 0.29) is 18.0 Å². The van der Waals surface area contributed by atoms with Crippen molar-refractivity contribution < 1.29 is 4.79 Å². The number of piperidine rings is 1. The number of aryl methyl sites for hydroxylation is 2. The maximum Gasteiger partial charge on any atom is 0.253 e. The molecule has 0 unspecified atom stereocenters. The molecule has 188 valence electrons. The summed E-state index contributed by atoms with van der Waals surface area (Å²) in [6.07, 6.45) is 8.92. The minimum atomic E-state index is -0.125. The zero-order chi connectivity index (χ0) is 24.9. The standard InChI is InChI=1S/C28H39N5O2/c1-5-33(22-14-16-32(17-15-22)31(3)4)26-13-9-12-24-23(26)11-8-6-7-10-21-18-20(2)30-28(35)25(21)19-29-27(24)34/h6,8-9,12-13,18,22H,5,7,10-11,14-17,19H2,1-4H3,(H,29,34)(H,30,35)/b8-6-. The van der Waals surface area contributed by atoms with Crippen LogP contribution in [0.1, 0.15) is 58.9 Å². The first-order valence-corrected chi connectivity index (χ1v) is 12.8. The van der Waals surface area contributed by atoms with Gasteiger partial charge in [-0.3, -0.25) is 9.59 Å². The molecule has 2 aliphatic heterocycles. The molecular formula is C28H39N5O2. The highest BCUT2D eigenvalue weighted by Gasteiger charge is 2.27. The third-order valence-electron chi connectivity index (χ3n) is 7.35. The second-order valence-corrected chi connectivity index (χ2v) is 9.80. The second kappa shape index (κ2) is 11.2. The summed E-state index contributed by atoms with van der Waals surface area (Å²) in [5, 5.41) is 7.61. The summed E-state index contributed by atoms with van der Waals surface area (Å²) in [6, 6.07) is 8.54. The van der Waals surface area contributed by atoms with Crippen molar-refractivity contribution in [2.24, 2.45) is 0 Å². The van der Waals surface area contributed by atoms with Crippen LogP contribution in [-0.2, 0) is 19.4 Å². The van der Waals surface area contributed by atoms with Crippen LogP contribution in [0.15, 0.2) is 41.2 Å². The van der Waals surface area contributed by atoms with Crippen LogP contribution in [0.25, 0.3) is 0 Å². The fourth-order valence-electron chi connectivity index (χ4n) is 5.48. The number of amides is 1. The highest BCUT2D eigenvalue weighted by atomic mass is 16.1. The highest BCUT2D eigenvalue weighted by Crippen LogP contribution is 2.30. The van der Waals surface area contributed by atoms with E-state index in [0.717, 1.165) is 67.8 Å². The number of carbonyl (C=O) groups excluding carboxylic acids is 1. The summed E-state index contributed by atoms with van der Waals surface area (Å²) in [7, 11) is 4.21. The minimum Gasteiger partial charge on any atom is -0.368 e. The predicted octanol–water partition coefficient (Wildman–Crippen LogP) is 3.43. The van der Waals surface area contributed by atoms with Crippen molar-refractivity contribution in [1.29, 1.82) is 0 Å². The number of nitrogens with zero attached hydrogens (tertiary/aromatic N) is 3. The fourth-order valence-corrected chi connectivity index (χ4v) is 5.48. The SMILES string of the molecule is CCN(c1cccc2c1C/C=C\CCc1cc(C)[nH]c(=O)c1CNC2=O)C1CCN(N(C)C)CC1. The molecule has 1 saturated heterocycles. The summed E-state index contributed by atoms with van der Waals surface area (Å²) in [4.78, 5) is 31.4. The molecule has 2 N–H and O–H groups in total. The average Bonchev–Trinajstić information content (AvgIpc) is 2.83. The lowest BCUT2D eigenvalue weighted by molar-refractivity contribution is 0.00235. The van der Waals surface area contributed by atoms with Gasteiger partial charge in [0.25, 0.3) is 11.5 Å². The van der Waals surface area contributed by atoms with Gasteiger partial charge >= 0.3 is 0 Å². The Kier molecular flexibility index (Phi) is 8.08. The van der Waals surface area contributed by atoms with E-state index in [1.165, 1.54) is 0 Å². The minimum absolute atomic E-state index is 0.114. The molecule has 7 nitrogen and oxygen atoms in total. The molecular weight excluding hydrogens is 438 g/mol. The lowest BCUT2D eigenvalue weighted by Gasteiger charge is -2.42. The van der Waals surface area contributed by atoms with Crippen molar-refractivity contribution in [2.45, 2.75) is 58.5 Å². The molecule has 3 heterocycles. The lowest BCUT2D eigenvalue weighted by Crippen LogP contribution is -2.49. The number of benzene rings is 1. The number of carbonyl (C=O) groups is 1. The van der Waals surface area contributed by atoms with Crippen molar-refractivity contribution in [2.75, 3.05) is 38.6 Å². The smallest absolute Gasteiger partial charge is 0.253 e. The van der Waals surface area contributed by atoms with Crippen LogP contribution in [0.4, 0.5) is 5.69 Å². The van der Waals surface area contributed by atoms with Crippen LogP contribution in [0.5, 0.6) is 0 Å². The Morgan fingerprint density at radius 3 is 2.57 bits per heavy atom. The molecule has 0 saturated carbocycles. The molecule has 1 fully saturated rings. The lowest BCUT2D eigenvalue weighted by atomic mass is 9.96. The largest absolute Gasteiger partial charge is 0.368 e. The molecule has 0 atom stereocenters. The third-order valence-corrected chi connectivity index (χ3v) is 7.35. The molecule has 1 aromatic heterocycles. The summed E-state index contributed by atoms with van der Waals surface area (Å²) < 4.78 is 0. The molecule has 0 spiro atoms. The van der Waals surface area contributed by atoms with Gasteiger partial charge in [0.1, 0.15) is 0 Å². The summed E-state index contributed by atoms with van der Waals surface area (Å²) in [5.74, 6) is -0.125. The van der Waals surface area contributed by atoms with Gasteiger partial charge in [-0.05, 0) is 75.3 Å². The van der Waals surface area contributed by atoms with Gasteiger partial charge in [-0.15, -0.1) is 0 Å². The van der Waals surface area contributed by atoms with Crippen LogP contribution in [0, 0.1) is 6.92 Å². The van der Waals surface area contributed by atoms with Crippen molar-refractivity contribution in [3.63, 3.8) is 0 Å². The Balaban J connectivity index is 1.64. The van der Waals surface area contributed by atoms with Crippen molar-refractivity contribution in [3.8, 4) is 0 Å². The number of hydrazine groups is 1. The number of nitrogens with one attached hydrogen (secondary N) is 2. The molecule has 0 bridgehead atoms. The van der Waals surface area contributed by atoms with Gasteiger partial charge < -0.3 is 15.2 Å². The molecule has 0 aliphatic carbocycles. The normalized spacial score (nSPS) is 18.7. The van der Waals surface area contributed by atoms with Crippen LogP contribution in [-0.4, -0.2) is 60.7 Å². The topological polar surface area (TPSA) is 71.7 Å². The molecule has 2 aromatic rings. The molecule has 7 heteroatoms. The zero-order valence-corrected chi connectivity index (χ0v) is 21.6. The first-order chi connectivity index (χ1) is 16.9. The number of allylic oxidation sites excluding steroid dienone is 2. The van der Waals surface area contributed by atoms with E-state index in [0.29, 0.717) is 23.6 Å². The zero-order valence-electron chi connectivity index (χ0n) is 21.6. The predicted molar refractivity (Wildman–Crippen MR) is 142 cm³/mol. The number of H-pyrrole nitrogens is 1. The summed E-state index contributed by atoms with van der Waals surface area (Å²) in [5.41, 5.74) is 5.31. The van der Waals surface area contributed by atoms with Crippen molar-refractivity contribution in [1.82, 2.24) is 20.3 Å². The molecule has 35 heavy (non-hydrogen) atoms. The third kappa shape index (κ3) is 5.68. The molecule has 4 rings (SSSR count). The highest BCUT2D eigenvalue weighted by molar-refractivity contribution is 5.97. The monoisotopic (exact) mass is 477 g/mol. The van der Waals surface area contributed by atoms with Crippen molar-refractivity contribution >= 4 is 11.6 Å². The van der Waals surface area contributed by atoms with E-state index in [4.69, 9.17) is 0 Å². The fraction of sp³-hybridized carbons (Fsp3) is 0.500. The number of aromatic amines is 1. The number of hydrogen-bond acceptors (Lipinski definition) is 5. The average molecular weight is 478 g/mol. The van der Waals surface area contributed by atoms with Gasteiger partial charge in [-0.25, -0.2) is 10.0 Å². The quantitative estimate of drug-likeness (QED) is 0.661. The van der Waals surface area contributed by atoms with Gasteiger partial charge in [0.2, 0.25) is 0 Å². The number of fused-ring (bicyclic) bond motifs is 2. The number of pyridine rings is 1. The van der Waals surface area contributed by atoms with Gasteiger partial charge in [-0.1, -0.05) is 18.2 Å². The Hall–Kier alpha value is -2.90. The van der Waals surface area contributed by atoms with E-state index >= 15 is 0 Å². The maximum atomic E-state index is 13.4. The first kappa shape index (κ1) is 25.2. The van der Waals surface area contributed by atoms with Gasteiger partial charge in [-0.2, -0.15) is 0 Å². The van der Waals surface area contributed by atoms with Crippen LogP contribution >= 0.6 is 0 Å². The van der Waals surface area contributed by atoms with Gasteiger partial charge in [0.15, 0.2) is 0 Å². The van der Waals surface area contributed by atoms with Crippen molar-refractivity contribution in [3.05, 3.63) is 74.7 Å². The molecule has 0 radical (unpaired) electrons. The second-order valence-electron chi connectivity index (χ2n) is 9.80. The Morgan fingerprint density at radius 1 is 1.09 bits per heavy atom. The number of hydrogen-bond donors (Lipinski definition) is 2. The van der Waals surface area contributed by atoms with E-state index in [1.807, 2.05) is 25.1 Å². The number of aromatic nitrogens is 1. The molecule has 1 amide bonds. The van der Waals surface area contributed by atoms with Gasteiger partial charge in [0.05, 0.1) is 0 Å². The number of anilines is 1. The summed E-state index contributed by atoms with van der Waals surface area (Å²) >= 11 is 0. The van der Waals surface area contributed by atoms with E-state index in [9.17, 15) is 9.59 Å². The first-order valence-electron chi connectivity index (χ1n) is 12.8. The van der Waals surface area contributed by atoms with Crippen LogP contribution < -0.4 is 15.8 Å². The van der Waals surface area contributed by atoms with E-state index < -0.39 is 0 Å². The number of rotatable bonds is 4. The van der Waals surface area contributed by atoms with Crippen LogP contribution in [0.3, 0.4) is 0 Å².